The Hall–Kier alpha value is -0.344. The van der Waals surface area contributed by atoms with E-state index in [-0.39, 0.29) is 23.1 Å². The largest absolute Gasteiger partial charge is 0.479 e. The van der Waals surface area contributed by atoms with Gasteiger partial charge in [-0.05, 0) is 0 Å². The summed E-state index contributed by atoms with van der Waals surface area (Å²) in [4.78, 5) is 28.1. The first-order valence-electron chi connectivity index (χ1n) is 3.02. The molecular formula is C4H12MgN3O5P. The average molecular weight is 237 g/mol. The standard InChI is InChI=1S/C4H10N3O5P.Mg.2H/c1-7(4(5)6)2(3(8)9)13(10,11)12;;;/h2H,1H3,(H3,5,6)(H,8,9)(H2,10,11,12);;;. The Bertz CT molecular complexity index is 278. The highest BCUT2D eigenvalue weighted by atomic mass is 31.2. The highest BCUT2D eigenvalue weighted by Gasteiger charge is 2.40. The Kier molecular flexibility index (Phi) is 6.34. The van der Waals surface area contributed by atoms with Gasteiger partial charge in [0.05, 0.1) is 0 Å². The summed E-state index contributed by atoms with van der Waals surface area (Å²) in [6.45, 7) is 0. The van der Waals surface area contributed by atoms with Gasteiger partial charge in [-0.15, -0.1) is 0 Å². The molecule has 0 saturated carbocycles. The number of aliphatic carboxylic acids is 1. The summed E-state index contributed by atoms with van der Waals surface area (Å²) in [7, 11) is -3.82. The van der Waals surface area contributed by atoms with E-state index in [4.69, 9.17) is 26.0 Å². The van der Waals surface area contributed by atoms with Crippen LogP contribution in [0.5, 0.6) is 0 Å². The van der Waals surface area contributed by atoms with E-state index in [1.54, 1.807) is 0 Å². The van der Waals surface area contributed by atoms with Crippen LogP contribution in [0.25, 0.3) is 0 Å². The molecule has 0 aromatic carbocycles. The molecule has 0 fully saturated rings. The number of carbonyl (C=O) groups is 1. The van der Waals surface area contributed by atoms with Crippen LogP contribution >= 0.6 is 7.60 Å². The second kappa shape index (κ2) is 5.52. The number of nitrogens with one attached hydrogen (secondary N) is 1. The van der Waals surface area contributed by atoms with Crippen molar-refractivity contribution in [2.45, 2.75) is 5.78 Å². The van der Waals surface area contributed by atoms with E-state index in [1.807, 2.05) is 0 Å². The van der Waals surface area contributed by atoms with Crippen molar-refractivity contribution in [2.75, 3.05) is 7.05 Å². The fourth-order valence-corrected chi connectivity index (χ4v) is 1.53. The highest BCUT2D eigenvalue weighted by Crippen LogP contribution is 2.42. The Morgan fingerprint density at radius 3 is 2.00 bits per heavy atom. The number of rotatable bonds is 3. The maximum atomic E-state index is 10.6. The van der Waals surface area contributed by atoms with Crippen LogP contribution in [0.2, 0.25) is 0 Å². The monoisotopic (exact) mass is 237 g/mol. The second-order valence-corrected chi connectivity index (χ2v) is 3.96. The van der Waals surface area contributed by atoms with Gasteiger partial charge in [-0.3, -0.25) is 9.97 Å². The molecule has 1 atom stereocenters. The summed E-state index contributed by atoms with van der Waals surface area (Å²) >= 11 is 0. The van der Waals surface area contributed by atoms with E-state index in [0.29, 0.717) is 4.90 Å². The van der Waals surface area contributed by atoms with Gasteiger partial charge in [-0.25, -0.2) is 4.79 Å². The predicted octanol–water partition coefficient (Wildman–Crippen LogP) is -2.52. The zero-order valence-corrected chi connectivity index (χ0v) is 7.60. The maximum Gasteiger partial charge on any atom is 0.359 e. The lowest BCUT2D eigenvalue weighted by Crippen LogP contribution is -2.45. The van der Waals surface area contributed by atoms with Gasteiger partial charge in [0.25, 0.3) is 0 Å². The zero-order valence-electron chi connectivity index (χ0n) is 6.71. The molecule has 1 unspecified atom stereocenters. The molecule has 10 heteroatoms. The van der Waals surface area contributed by atoms with Crippen molar-refractivity contribution in [3.8, 4) is 0 Å². The molecule has 8 nitrogen and oxygen atoms in total. The van der Waals surface area contributed by atoms with Gasteiger partial charge in [0.2, 0.25) is 5.78 Å². The van der Waals surface area contributed by atoms with Gasteiger partial charge in [0.15, 0.2) is 5.96 Å². The van der Waals surface area contributed by atoms with E-state index < -0.39 is 25.3 Å². The number of nitrogens with zero attached hydrogens (tertiary/aromatic N) is 1. The van der Waals surface area contributed by atoms with Gasteiger partial charge >= 0.3 is 36.6 Å². The third kappa shape index (κ3) is 4.25. The summed E-state index contributed by atoms with van der Waals surface area (Å²) < 4.78 is 10.6. The molecule has 0 radical (unpaired) electrons. The SMILES string of the molecule is CN(C(=N)N)C(C(=O)O)P(=O)(O)O.[MgH2]. The average Bonchev–Trinajstić information content (AvgIpc) is 1.82. The summed E-state index contributed by atoms with van der Waals surface area (Å²) in [6.07, 6.45) is 0. The number of carboxylic acid groups (broad SMARTS) is 1. The van der Waals surface area contributed by atoms with Crippen molar-refractivity contribution in [1.29, 1.82) is 5.41 Å². The van der Waals surface area contributed by atoms with Gasteiger partial charge in [-0.1, -0.05) is 0 Å². The van der Waals surface area contributed by atoms with Gasteiger partial charge in [0.1, 0.15) is 0 Å². The molecule has 0 heterocycles. The quantitative estimate of drug-likeness (QED) is 0.157. The fourth-order valence-electron chi connectivity index (χ4n) is 0.667. The molecule has 0 bridgehead atoms. The predicted molar refractivity (Wildman–Crippen MR) is 51.7 cm³/mol. The topological polar surface area (TPSA) is 148 Å². The lowest BCUT2D eigenvalue weighted by molar-refractivity contribution is -0.139. The van der Waals surface area contributed by atoms with Crippen LogP contribution in [0.15, 0.2) is 0 Å². The van der Waals surface area contributed by atoms with Crippen LogP contribution in [-0.4, -0.2) is 67.6 Å². The zero-order chi connectivity index (χ0) is 10.8. The minimum atomic E-state index is -4.84. The van der Waals surface area contributed by atoms with E-state index in [9.17, 15) is 9.36 Å². The molecule has 80 valence electrons. The number of carboxylic acids is 1. The molecule has 0 aromatic heterocycles. The van der Waals surface area contributed by atoms with Crippen LogP contribution in [0.1, 0.15) is 0 Å². The van der Waals surface area contributed by atoms with E-state index in [2.05, 4.69) is 0 Å². The molecule has 0 amide bonds. The second-order valence-electron chi connectivity index (χ2n) is 2.30. The lowest BCUT2D eigenvalue weighted by Gasteiger charge is -2.24. The van der Waals surface area contributed by atoms with Crippen LogP contribution in [0.4, 0.5) is 0 Å². The van der Waals surface area contributed by atoms with Crippen molar-refractivity contribution < 1.29 is 24.3 Å². The van der Waals surface area contributed by atoms with Crippen LogP contribution in [0, 0.1) is 5.41 Å². The Morgan fingerprint density at radius 2 is 1.93 bits per heavy atom. The molecule has 0 aliphatic carbocycles. The number of hydrogen-bond donors (Lipinski definition) is 5. The number of guanidine groups is 1. The molecule has 0 saturated heterocycles. The van der Waals surface area contributed by atoms with Crippen molar-refractivity contribution in [3.05, 3.63) is 0 Å². The molecule has 6 N–H and O–H groups in total. The first kappa shape index (κ1) is 16.1. The summed E-state index contributed by atoms with van der Waals surface area (Å²) in [5, 5.41) is 15.2. The minimum absolute atomic E-state index is 0. The molecule has 0 aliphatic rings. The Balaban J connectivity index is 0. The molecule has 0 rings (SSSR count). The molecule has 0 aromatic rings. The third-order valence-electron chi connectivity index (χ3n) is 1.29. The van der Waals surface area contributed by atoms with Crippen LogP contribution < -0.4 is 5.73 Å². The number of hydrogen-bond acceptors (Lipinski definition) is 3. The summed E-state index contributed by atoms with van der Waals surface area (Å²) in [5.41, 5.74) is 4.87. The molecule has 0 aliphatic heterocycles. The van der Waals surface area contributed by atoms with Crippen molar-refractivity contribution in [3.63, 3.8) is 0 Å². The number of nitrogens with two attached hydrogens (primary N) is 1. The van der Waals surface area contributed by atoms with E-state index in [1.165, 1.54) is 0 Å². The Labute approximate surface area is 95.9 Å². The lowest BCUT2D eigenvalue weighted by atomic mass is 10.6. The van der Waals surface area contributed by atoms with Gasteiger partial charge in [-0.2, -0.15) is 0 Å². The van der Waals surface area contributed by atoms with Crippen molar-refractivity contribution in [2.24, 2.45) is 5.73 Å². The van der Waals surface area contributed by atoms with E-state index in [0.717, 1.165) is 7.05 Å². The van der Waals surface area contributed by atoms with Crippen LogP contribution in [0.3, 0.4) is 0 Å². The van der Waals surface area contributed by atoms with Crippen molar-refractivity contribution >= 4 is 42.6 Å². The molecule has 14 heavy (non-hydrogen) atoms. The summed E-state index contributed by atoms with van der Waals surface area (Å²) in [5.74, 6) is -4.56. The smallest absolute Gasteiger partial charge is 0.359 e. The van der Waals surface area contributed by atoms with Crippen molar-refractivity contribution in [1.82, 2.24) is 4.90 Å². The van der Waals surface area contributed by atoms with Gasteiger partial charge in [0, 0.05) is 7.05 Å². The first-order valence-corrected chi connectivity index (χ1v) is 4.71. The minimum Gasteiger partial charge on any atom is -0.479 e. The third-order valence-corrected chi connectivity index (χ3v) is 2.49. The highest BCUT2D eigenvalue weighted by molar-refractivity contribution is 7.53. The first-order chi connectivity index (χ1) is 5.68. The maximum absolute atomic E-state index is 10.6. The normalized spacial score (nSPS) is 12.5. The molecule has 0 spiro atoms. The van der Waals surface area contributed by atoms with Gasteiger partial charge < -0.3 is 25.5 Å². The molecular weight excluding hydrogens is 225 g/mol. The summed E-state index contributed by atoms with van der Waals surface area (Å²) in [6, 6.07) is 0. The van der Waals surface area contributed by atoms with E-state index >= 15 is 0 Å². The Morgan fingerprint density at radius 1 is 1.57 bits per heavy atom. The van der Waals surface area contributed by atoms with Crippen LogP contribution in [-0.2, 0) is 9.36 Å². The fraction of sp³-hybridized carbons (Fsp3) is 0.500. The number of likely N-dealkylation sites (N-methyl/N-ethyl adjacent to an activating group) is 1.